The number of guanidine groups is 1. The lowest BCUT2D eigenvalue weighted by molar-refractivity contribution is 0.0827. The van der Waals surface area contributed by atoms with E-state index < -0.39 is 10.0 Å². The molecule has 9 nitrogen and oxygen atoms in total. The van der Waals surface area contributed by atoms with Crippen molar-refractivity contribution in [2.75, 3.05) is 40.8 Å². The molecule has 31 heavy (non-hydrogen) atoms. The lowest BCUT2D eigenvalue weighted by Gasteiger charge is -2.13. The maximum atomic E-state index is 12.1. The average molecular weight is 560 g/mol. The topological polar surface area (TPSA) is 116 Å². The quantitative estimate of drug-likeness (QED) is 0.183. The van der Waals surface area contributed by atoms with Crippen molar-refractivity contribution in [1.29, 1.82) is 0 Å². The Morgan fingerprint density at radius 3 is 2.48 bits per heavy atom. The summed E-state index contributed by atoms with van der Waals surface area (Å²) in [4.78, 5) is 21.7. The Hall–Kier alpha value is -2.25. The highest BCUT2D eigenvalue weighted by atomic mass is 127. The Labute approximate surface area is 200 Å². The monoisotopic (exact) mass is 560 g/mol. The van der Waals surface area contributed by atoms with Gasteiger partial charge in [0.15, 0.2) is 5.96 Å². The molecule has 0 spiro atoms. The van der Waals surface area contributed by atoms with E-state index in [1.165, 1.54) is 18.5 Å². The maximum Gasteiger partial charge on any atom is 0.253 e. The number of aromatic nitrogens is 1. The molecule has 0 fully saturated rings. The number of carbonyl (C=O) groups excluding carboxylic acids is 1. The molecule has 170 valence electrons. The van der Waals surface area contributed by atoms with Crippen LogP contribution < -0.4 is 15.4 Å². The van der Waals surface area contributed by atoms with Crippen molar-refractivity contribution >= 4 is 45.9 Å². The van der Waals surface area contributed by atoms with Crippen LogP contribution in [0.1, 0.15) is 15.9 Å². The molecule has 1 aromatic heterocycles. The van der Waals surface area contributed by atoms with Crippen LogP contribution in [0.25, 0.3) is 0 Å². The van der Waals surface area contributed by atoms with Gasteiger partial charge in [-0.25, -0.2) is 13.1 Å². The number of rotatable bonds is 9. The summed E-state index contributed by atoms with van der Waals surface area (Å²) < 4.78 is 26.8. The summed E-state index contributed by atoms with van der Waals surface area (Å²) in [6.45, 7) is 1.18. The SMILES string of the molecule is CN=C(NCCNS(=O)(=O)c1cccnc1)NCCc1cccc(C(=O)N(C)C)c1.I. The van der Waals surface area contributed by atoms with Crippen molar-refractivity contribution in [2.45, 2.75) is 11.3 Å². The van der Waals surface area contributed by atoms with E-state index in [-0.39, 0.29) is 41.3 Å². The normalized spacial score (nSPS) is 11.4. The van der Waals surface area contributed by atoms with Gasteiger partial charge in [-0.1, -0.05) is 12.1 Å². The van der Waals surface area contributed by atoms with Gasteiger partial charge < -0.3 is 15.5 Å². The van der Waals surface area contributed by atoms with E-state index in [9.17, 15) is 13.2 Å². The van der Waals surface area contributed by atoms with Gasteiger partial charge in [0.1, 0.15) is 4.90 Å². The third-order valence-electron chi connectivity index (χ3n) is 4.16. The number of pyridine rings is 1. The van der Waals surface area contributed by atoms with E-state index in [4.69, 9.17) is 0 Å². The number of amides is 1. The lowest BCUT2D eigenvalue weighted by atomic mass is 10.1. The highest BCUT2D eigenvalue weighted by molar-refractivity contribution is 14.0. The van der Waals surface area contributed by atoms with Crippen LogP contribution in [0.2, 0.25) is 0 Å². The van der Waals surface area contributed by atoms with E-state index in [2.05, 4.69) is 25.3 Å². The van der Waals surface area contributed by atoms with Crippen molar-refractivity contribution in [3.63, 3.8) is 0 Å². The van der Waals surface area contributed by atoms with Crippen LogP contribution in [0.4, 0.5) is 0 Å². The van der Waals surface area contributed by atoms with Gasteiger partial charge in [-0.05, 0) is 36.2 Å². The van der Waals surface area contributed by atoms with Crippen molar-refractivity contribution in [3.8, 4) is 0 Å². The highest BCUT2D eigenvalue weighted by Crippen LogP contribution is 2.08. The van der Waals surface area contributed by atoms with Gasteiger partial charge in [-0.2, -0.15) is 0 Å². The van der Waals surface area contributed by atoms with Crippen molar-refractivity contribution in [1.82, 2.24) is 25.2 Å². The molecule has 0 atom stereocenters. The molecule has 0 aliphatic rings. The molecule has 0 unspecified atom stereocenters. The Balaban J connectivity index is 0.00000480. The van der Waals surface area contributed by atoms with E-state index >= 15 is 0 Å². The molecule has 2 aromatic rings. The van der Waals surface area contributed by atoms with Crippen LogP contribution in [0.15, 0.2) is 58.7 Å². The average Bonchev–Trinajstić information content (AvgIpc) is 2.75. The summed E-state index contributed by atoms with van der Waals surface area (Å²) in [5, 5.41) is 6.23. The Kier molecular flexibility index (Phi) is 11.4. The minimum atomic E-state index is -3.58. The minimum Gasteiger partial charge on any atom is -0.356 e. The molecule has 11 heteroatoms. The molecule has 1 aromatic carbocycles. The number of hydrogen-bond acceptors (Lipinski definition) is 5. The van der Waals surface area contributed by atoms with Gasteiger partial charge in [-0.15, -0.1) is 24.0 Å². The van der Waals surface area contributed by atoms with Gasteiger partial charge in [0.2, 0.25) is 10.0 Å². The second-order valence-electron chi connectivity index (χ2n) is 6.66. The summed E-state index contributed by atoms with van der Waals surface area (Å²) in [6, 6.07) is 10.6. The zero-order chi connectivity index (χ0) is 22.0. The van der Waals surface area contributed by atoms with Gasteiger partial charge in [0, 0.05) is 58.7 Å². The molecule has 1 amide bonds. The standard InChI is InChI=1S/C20H28N6O3S.HI/c1-21-20(24-12-13-25-30(28,29)18-8-5-10-22-15-18)23-11-9-16-6-4-7-17(14-16)19(27)26(2)3;/h4-8,10,14-15,25H,9,11-13H2,1-3H3,(H2,21,23,24);1H. The predicted molar refractivity (Wildman–Crippen MR) is 132 cm³/mol. The largest absolute Gasteiger partial charge is 0.356 e. The third kappa shape index (κ3) is 8.79. The lowest BCUT2D eigenvalue weighted by Crippen LogP contribution is -2.42. The first-order valence-electron chi connectivity index (χ1n) is 9.48. The summed E-state index contributed by atoms with van der Waals surface area (Å²) in [6.07, 6.45) is 3.53. The van der Waals surface area contributed by atoms with Crippen molar-refractivity contribution in [3.05, 3.63) is 59.9 Å². The number of carbonyl (C=O) groups is 1. The second-order valence-corrected chi connectivity index (χ2v) is 8.43. The van der Waals surface area contributed by atoms with E-state index in [1.807, 2.05) is 18.2 Å². The number of benzene rings is 1. The zero-order valence-electron chi connectivity index (χ0n) is 17.8. The van der Waals surface area contributed by atoms with Crippen LogP contribution in [-0.2, 0) is 16.4 Å². The number of nitrogens with one attached hydrogen (secondary N) is 3. The van der Waals surface area contributed by atoms with E-state index in [0.717, 1.165) is 5.56 Å². The van der Waals surface area contributed by atoms with Crippen molar-refractivity contribution < 1.29 is 13.2 Å². The first-order chi connectivity index (χ1) is 14.3. The van der Waals surface area contributed by atoms with E-state index in [1.54, 1.807) is 38.2 Å². The number of nitrogens with zero attached hydrogens (tertiary/aromatic N) is 3. The van der Waals surface area contributed by atoms with Crippen LogP contribution >= 0.6 is 24.0 Å². The molecule has 0 radical (unpaired) electrons. The molecular formula is C20H29IN6O3S. The van der Waals surface area contributed by atoms with Gasteiger partial charge in [0.05, 0.1) is 0 Å². The molecule has 1 heterocycles. The van der Waals surface area contributed by atoms with Crippen LogP contribution in [0.3, 0.4) is 0 Å². The maximum absolute atomic E-state index is 12.1. The summed E-state index contributed by atoms with van der Waals surface area (Å²) >= 11 is 0. The number of aliphatic imine (C=N–C) groups is 1. The number of halogens is 1. The molecule has 2 rings (SSSR count). The molecule has 0 saturated carbocycles. The summed E-state index contributed by atoms with van der Waals surface area (Å²) in [7, 11) is 1.52. The third-order valence-corrected chi connectivity index (χ3v) is 5.61. The number of hydrogen-bond donors (Lipinski definition) is 3. The highest BCUT2D eigenvalue weighted by Gasteiger charge is 2.13. The Bertz CT molecular complexity index is 968. The molecule has 0 bridgehead atoms. The summed E-state index contributed by atoms with van der Waals surface area (Å²) in [5.41, 5.74) is 1.69. The number of sulfonamides is 1. The molecule has 0 saturated heterocycles. The van der Waals surface area contributed by atoms with Gasteiger partial charge in [-0.3, -0.25) is 14.8 Å². The van der Waals surface area contributed by atoms with Crippen LogP contribution in [-0.4, -0.2) is 70.9 Å². The molecular weight excluding hydrogens is 531 g/mol. The fraction of sp³-hybridized carbons (Fsp3) is 0.350. The second kappa shape index (κ2) is 13.2. The minimum absolute atomic E-state index is 0. The predicted octanol–water partition coefficient (Wildman–Crippen LogP) is 1.09. The van der Waals surface area contributed by atoms with Crippen molar-refractivity contribution in [2.24, 2.45) is 4.99 Å². The Morgan fingerprint density at radius 1 is 1.10 bits per heavy atom. The molecule has 3 N–H and O–H groups in total. The van der Waals surface area contributed by atoms with Crippen LogP contribution in [0.5, 0.6) is 0 Å². The smallest absolute Gasteiger partial charge is 0.253 e. The van der Waals surface area contributed by atoms with E-state index in [0.29, 0.717) is 31.0 Å². The fourth-order valence-electron chi connectivity index (χ4n) is 2.62. The van der Waals surface area contributed by atoms with Crippen LogP contribution in [0, 0.1) is 0 Å². The van der Waals surface area contributed by atoms with Gasteiger partial charge >= 0.3 is 0 Å². The Morgan fingerprint density at radius 2 is 1.84 bits per heavy atom. The molecule has 0 aliphatic carbocycles. The molecule has 0 aliphatic heterocycles. The first kappa shape index (κ1) is 26.8. The zero-order valence-corrected chi connectivity index (χ0v) is 21.0. The summed E-state index contributed by atoms with van der Waals surface area (Å²) in [5.74, 6) is 0.534. The fourth-order valence-corrected chi connectivity index (χ4v) is 3.61. The van der Waals surface area contributed by atoms with Gasteiger partial charge in [0.25, 0.3) is 5.91 Å². The first-order valence-corrected chi connectivity index (χ1v) is 11.0.